The van der Waals surface area contributed by atoms with Crippen molar-refractivity contribution in [1.82, 2.24) is 14.4 Å². The smallest absolute Gasteiger partial charge is 0.243 e. The molecule has 158 valence electrons. The number of sulfonamides is 1. The molecule has 1 saturated heterocycles. The van der Waals surface area contributed by atoms with E-state index in [-0.39, 0.29) is 5.92 Å². The number of aromatic nitrogens is 2. The molecule has 2 heterocycles. The van der Waals surface area contributed by atoms with Gasteiger partial charge >= 0.3 is 0 Å². The van der Waals surface area contributed by atoms with Crippen LogP contribution in [0.15, 0.2) is 45.8 Å². The molecular weight excluding hydrogens is 398 g/mol. The fourth-order valence-electron chi connectivity index (χ4n) is 4.15. The van der Waals surface area contributed by atoms with E-state index in [4.69, 9.17) is 4.52 Å². The van der Waals surface area contributed by atoms with E-state index in [0.717, 1.165) is 27.8 Å². The van der Waals surface area contributed by atoms with E-state index in [1.165, 1.54) is 0 Å². The van der Waals surface area contributed by atoms with Crippen molar-refractivity contribution in [3.63, 3.8) is 0 Å². The Morgan fingerprint density at radius 2 is 1.57 bits per heavy atom. The van der Waals surface area contributed by atoms with Crippen molar-refractivity contribution < 1.29 is 12.9 Å². The molecule has 30 heavy (non-hydrogen) atoms. The summed E-state index contributed by atoms with van der Waals surface area (Å²) in [6, 6.07) is 11.8. The topological polar surface area (TPSA) is 76.3 Å². The zero-order valence-electron chi connectivity index (χ0n) is 17.8. The maximum Gasteiger partial charge on any atom is 0.243 e. The van der Waals surface area contributed by atoms with Gasteiger partial charge in [0, 0.05) is 24.6 Å². The summed E-state index contributed by atoms with van der Waals surface area (Å²) >= 11 is 0. The van der Waals surface area contributed by atoms with Crippen LogP contribution in [0, 0.1) is 27.7 Å². The van der Waals surface area contributed by atoms with Gasteiger partial charge in [0.25, 0.3) is 0 Å². The van der Waals surface area contributed by atoms with Gasteiger partial charge in [-0.25, -0.2) is 8.42 Å². The van der Waals surface area contributed by atoms with E-state index in [9.17, 15) is 8.42 Å². The van der Waals surface area contributed by atoms with Crippen LogP contribution in [0.3, 0.4) is 0 Å². The predicted molar refractivity (Wildman–Crippen MR) is 116 cm³/mol. The zero-order valence-corrected chi connectivity index (χ0v) is 18.7. The Balaban J connectivity index is 1.52. The highest BCUT2D eigenvalue weighted by Crippen LogP contribution is 2.34. The molecule has 1 fully saturated rings. The number of piperidine rings is 1. The third kappa shape index (κ3) is 3.68. The fraction of sp³-hybridized carbons (Fsp3) is 0.391. The number of aryl methyl sites for hydroxylation is 2. The first-order valence-corrected chi connectivity index (χ1v) is 11.7. The molecule has 1 aromatic heterocycles. The molecule has 7 heteroatoms. The van der Waals surface area contributed by atoms with Crippen LogP contribution in [-0.4, -0.2) is 36.0 Å². The molecule has 0 bridgehead atoms. The van der Waals surface area contributed by atoms with Crippen molar-refractivity contribution in [2.75, 3.05) is 13.1 Å². The maximum atomic E-state index is 13.4. The Bertz CT molecular complexity index is 1140. The SMILES string of the molecule is Cc1cc(C)c(C)c(S(=O)(=O)N2CCC(c3nc(-c4ccccc4)no3)CC2)c1C. The first-order valence-electron chi connectivity index (χ1n) is 10.3. The quantitative estimate of drug-likeness (QED) is 0.613. The number of nitrogens with zero attached hydrogens (tertiary/aromatic N) is 3. The first-order chi connectivity index (χ1) is 14.3. The Kier molecular flexibility index (Phi) is 5.51. The Labute approximate surface area is 178 Å². The number of benzene rings is 2. The minimum Gasteiger partial charge on any atom is -0.339 e. The van der Waals surface area contributed by atoms with E-state index in [1.807, 2.05) is 58.0 Å². The molecule has 0 unspecified atom stereocenters. The summed E-state index contributed by atoms with van der Waals surface area (Å²) in [6.45, 7) is 8.61. The molecule has 1 aliphatic rings. The zero-order chi connectivity index (χ0) is 21.5. The second-order valence-electron chi connectivity index (χ2n) is 8.09. The van der Waals surface area contributed by atoms with Gasteiger partial charge in [0.05, 0.1) is 4.90 Å². The van der Waals surface area contributed by atoms with Crippen LogP contribution < -0.4 is 0 Å². The molecular formula is C23H27N3O3S. The van der Waals surface area contributed by atoms with Crippen molar-refractivity contribution in [1.29, 1.82) is 0 Å². The third-order valence-electron chi connectivity index (χ3n) is 6.17. The van der Waals surface area contributed by atoms with Gasteiger partial charge in [0.1, 0.15) is 0 Å². The van der Waals surface area contributed by atoms with Crippen molar-refractivity contribution in [3.8, 4) is 11.4 Å². The minimum absolute atomic E-state index is 0.0721. The summed E-state index contributed by atoms with van der Waals surface area (Å²) in [4.78, 5) is 5.02. The molecule has 0 amide bonds. The summed E-state index contributed by atoms with van der Waals surface area (Å²) < 4.78 is 34.0. The lowest BCUT2D eigenvalue weighted by Crippen LogP contribution is -2.38. The van der Waals surface area contributed by atoms with Crippen LogP contribution in [0.4, 0.5) is 0 Å². The van der Waals surface area contributed by atoms with Crippen LogP contribution in [0.2, 0.25) is 0 Å². The molecule has 6 nitrogen and oxygen atoms in total. The summed E-state index contributed by atoms with van der Waals surface area (Å²) in [7, 11) is -3.55. The Hall–Kier alpha value is -2.51. The van der Waals surface area contributed by atoms with E-state index >= 15 is 0 Å². The molecule has 0 atom stereocenters. The van der Waals surface area contributed by atoms with Gasteiger partial charge in [-0.1, -0.05) is 41.6 Å². The lowest BCUT2D eigenvalue weighted by molar-refractivity contribution is 0.270. The van der Waals surface area contributed by atoms with Crippen molar-refractivity contribution in [2.24, 2.45) is 0 Å². The van der Waals surface area contributed by atoms with Crippen LogP contribution in [-0.2, 0) is 10.0 Å². The molecule has 1 aliphatic heterocycles. The van der Waals surface area contributed by atoms with E-state index in [2.05, 4.69) is 16.2 Å². The summed E-state index contributed by atoms with van der Waals surface area (Å²) in [5, 5.41) is 4.10. The second kappa shape index (κ2) is 7.96. The van der Waals surface area contributed by atoms with E-state index in [0.29, 0.717) is 42.5 Å². The summed E-state index contributed by atoms with van der Waals surface area (Å²) in [5.74, 6) is 1.23. The van der Waals surface area contributed by atoms with Crippen LogP contribution in [0.5, 0.6) is 0 Å². The van der Waals surface area contributed by atoms with Gasteiger partial charge in [-0.05, 0) is 62.8 Å². The normalized spacial score (nSPS) is 16.1. The van der Waals surface area contributed by atoms with Crippen molar-refractivity contribution in [3.05, 3.63) is 64.5 Å². The average molecular weight is 426 g/mol. The molecule has 0 radical (unpaired) electrons. The molecule has 2 aromatic carbocycles. The molecule has 0 N–H and O–H groups in total. The molecule has 4 rings (SSSR count). The van der Waals surface area contributed by atoms with Gasteiger partial charge < -0.3 is 4.52 Å². The number of rotatable bonds is 4. The molecule has 3 aromatic rings. The predicted octanol–water partition coefficient (Wildman–Crippen LogP) is 4.54. The van der Waals surface area contributed by atoms with Crippen LogP contribution in [0.1, 0.15) is 46.9 Å². The average Bonchev–Trinajstić information content (AvgIpc) is 3.23. The van der Waals surface area contributed by atoms with Gasteiger partial charge in [0.2, 0.25) is 21.7 Å². The maximum absolute atomic E-state index is 13.4. The number of hydrogen-bond acceptors (Lipinski definition) is 5. The van der Waals surface area contributed by atoms with Gasteiger partial charge in [-0.3, -0.25) is 0 Å². The molecule has 0 saturated carbocycles. The lowest BCUT2D eigenvalue weighted by atomic mass is 9.98. The van der Waals surface area contributed by atoms with Gasteiger partial charge in [-0.15, -0.1) is 0 Å². The highest BCUT2D eigenvalue weighted by Gasteiger charge is 2.34. The van der Waals surface area contributed by atoms with Crippen molar-refractivity contribution in [2.45, 2.75) is 51.3 Å². The van der Waals surface area contributed by atoms with E-state index in [1.54, 1.807) is 4.31 Å². The third-order valence-corrected chi connectivity index (χ3v) is 8.35. The fourth-order valence-corrected chi connectivity index (χ4v) is 6.19. The second-order valence-corrected chi connectivity index (χ2v) is 9.96. The Morgan fingerprint density at radius 3 is 2.17 bits per heavy atom. The largest absolute Gasteiger partial charge is 0.339 e. The summed E-state index contributed by atoms with van der Waals surface area (Å²) in [6.07, 6.45) is 1.33. The minimum atomic E-state index is -3.55. The van der Waals surface area contributed by atoms with Crippen molar-refractivity contribution >= 4 is 10.0 Å². The molecule has 0 spiro atoms. The molecule has 0 aliphatic carbocycles. The van der Waals surface area contributed by atoms with Gasteiger partial charge in [0.15, 0.2) is 0 Å². The highest BCUT2D eigenvalue weighted by atomic mass is 32.2. The standard InChI is InChI=1S/C23H27N3O3S/c1-15-14-16(2)18(4)21(17(15)3)30(27,28)26-12-10-20(11-13-26)23-24-22(25-29-23)19-8-6-5-7-9-19/h5-9,14,20H,10-13H2,1-4H3. The number of hydrogen-bond donors (Lipinski definition) is 0. The first kappa shape index (κ1) is 20.8. The Morgan fingerprint density at radius 1 is 0.967 bits per heavy atom. The monoisotopic (exact) mass is 425 g/mol. The van der Waals surface area contributed by atoms with Crippen LogP contribution >= 0.6 is 0 Å². The highest BCUT2D eigenvalue weighted by molar-refractivity contribution is 7.89. The van der Waals surface area contributed by atoms with E-state index < -0.39 is 10.0 Å². The van der Waals surface area contributed by atoms with Gasteiger partial charge in [-0.2, -0.15) is 9.29 Å². The summed E-state index contributed by atoms with van der Waals surface area (Å²) in [5.41, 5.74) is 4.60. The van der Waals surface area contributed by atoms with Crippen LogP contribution in [0.25, 0.3) is 11.4 Å². The lowest BCUT2D eigenvalue weighted by Gasteiger charge is -2.31.